The van der Waals surface area contributed by atoms with Gasteiger partial charge in [-0.25, -0.2) is 12.7 Å². The van der Waals surface area contributed by atoms with Crippen LogP contribution in [0.5, 0.6) is 0 Å². The summed E-state index contributed by atoms with van der Waals surface area (Å²) in [6.07, 6.45) is 2.12. The van der Waals surface area contributed by atoms with Crippen LogP contribution in [0.4, 0.5) is 0 Å². The number of hydrogen-bond donors (Lipinski definition) is 1. The predicted octanol–water partition coefficient (Wildman–Crippen LogP) is 5.58. The number of nitrogens with one attached hydrogen (secondary N) is 1. The predicted molar refractivity (Wildman–Crippen MR) is 153 cm³/mol. The first-order valence-electron chi connectivity index (χ1n) is 13.3. The van der Waals surface area contributed by atoms with Gasteiger partial charge in [0.15, 0.2) is 0 Å². The fraction of sp³-hybridized carbons (Fsp3) is 0.517. The van der Waals surface area contributed by atoms with Crippen molar-refractivity contribution in [1.29, 1.82) is 0 Å². The molecular formula is C29H36Cl2N2O5S. The van der Waals surface area contributed by atoms with Crippen LogP contribution in [-0.2, 0) is 24.3 Å². The summed E-state index contributed by atoms with van der Waals surface area (Å²) >= 11 is 12.5. The highest BCUT2D eigenvalue weighted by molar-refractivity contribution is 7.90. The standard InChI is InChI=1S/C29H36Cl2N2O5S/c1-18(14-15-33(3)39(36,37)24-12-13-24)29(19(2)27(34)38-4)17-25(21-6-5-7-23(31)16-21)26(32-28(29)35)20-8-10-22(30)11-9-20/h5-11,16,18-19,24-26H,12-15,17H2,1-4H3,(H,32,35)/t18-,19?,25+,26+,29-/m0/s1. The third kappa shape index (κ3) is 5.99. The lowest BCUT2D eigenvalue weighted by atomic mass is 9.57. The zero-order valence-corrected chi connectivity index (χ0v) is 25.0. The molecular weight excluding hydrogens is 559 g/mol. The van der Waals surface area contributed by atoms with Gasteiger partial charge in [-0.2, -0.15) is 0 Å². The van der Waals surface area contributed by atoms with E-state index >= 15 is 0 Å². The lowest BCUT2D eigenvalue weighted by Gasteiger charge is -2.50. The van der Waals surface area contributed by atoms with Gasteiger partial charge in [0.05, 0.1) is 29.7 Å². The van der Waals surface area contributed by atoms with Crippen LogP contribution in [0.15, 0.2) is 48.5 Å². The fourth-order valence-corrected chi connectivity index (χ4v) is 7.90. The van der Waals surface area contributed by atoms with Crippen LogP contribution in [0, 0.1) is 17.3 Å². The Morgan fingerprint density at radius 1 is 1.10 bits per heavy atom. The summed E-state index contributed by atoms with van der Waals surface area (Å²) in [6, 6.07) is 14.5. The van der Waals surface area contributed by atoms with Crippen LogP contribution >= 0.6 is 23.2 Å². The van der Waals surface area contributed by atoms with E-state index in [0.717, 1.165) is 11.1 Å². The van der Waals surface area contributed by atoms with Gasteiger partial charge >= 0.3 is 5.97 Å². The first kappa shape index (κ1) is 29.8. The quantitative estimate of drug-likeness (QED) is 0.362. The average Bonchev–Trinajstić information content (AvgIpc) is 3.77. The molecule has 1 aliphatic carbocycles. The molecule has 2 fully saturated rings. The summed E-state index contributed by atoms with van der Waals surface area (Å²) in [5, 5.41) is 4.08. The second kappa shape index (κ2) is 11.8. The van der Waals surface area contributed by atoms with E-state index in [1.54, 1.807) is 32.2 Å². The van der Waals surface area contributed by atoms with Crippen molar-refractivity contribution >= 4 is 45.1 Å². The number of piperidine rings is 1. The van der Waals surface area contributed by atoms with Crippen LogP contribution in [0.3, 0.4) is 0 Å². The van der Waals surface area contributed by atoms with Gasteiger partial charge < -0.3 is 10.1 Å². The summed E-state index contributed by atoms with van der Waals surface area (Å²) in [4.78, 5) is 27.2. The van der Waals surface area contributed by atoms with E-state index in [2.05, 4.69) is 5.32 Å². The fourth-order valence-electron chi connectivity index (χ4n) is 5.98. The van der Waals surface area contributed by atoms with Gasteiger partial charge in [0.1, 0.15) is 0 Å². The zero-order chi connectivity index (χ0) is 28.5. The van der Waals surface area contributed by atoms with E-state index in [0.29, 0.717) is 35.7 Å². The number of benzene rings is 2. The van der Waals surface area contributed by atoms with E-state index in [-0.39, 0.29) is 35.6 Å². The molecule has 1 saturated carbocycles. The number of methoxy groups -OCH3 is 1. The number of halogens is 2. The Bertz CT molecular complexity index is 1320. The van der Waals surface area contributed by atoms with E-state index < -0.39 is 27.3 Å². The van der Waals surface area contributed by atoms with Crippen LogP contribution in [0.1, 0.15) is 62.6 Å². The molecule has 2 aliphatic rings. The summed E-state index contributed by atoms with van der Waals surface area (Å²) in [5.74, 6) is -2.05. The van der Waals surface area contributed by atoms with Crippen molar-refractivity contribution in [2.45, 2.75) is 56.7 Å². The van der Waals surface area contributed by atoms with Gasteiger partial charge in [-0.15, -0.1) is 0 Å². The molecule has 0 spiro atoms. The number of esters is 1. The first-order valence-corrected chi connectivity index (χ1v) is 15.5. The van der Waals surface area contributed by atoms with Crippen molar-refractivity contribution in [2.75, 3.05) is 20.7 Å². The normalized spacial score (nSPS) is 25.2. The molecule has 0 radical (unpaired) electrons. The van der Waals surface area contributed by atoms with Gasteiger partial charge in [0.2, 0.25) is 15.9 Å². The largest absolute Gasteiger partial charge is 0.469 e. The highest BCUT2D eigenvalue weighted by atomic mass is 35.5. The van der Waals surface area contributed by atoms with E-state index in [4.69, 9.17) is 27.9 Å². The van der Waals surface area contributed by atoms with Gasteiger partial charge in [-0.1, -0.05) is 61.3 Å². The second-order valence-corrected chi connectivity index (χ2v) is 14.1. The number of hydrogen-bond acceptors (Lipinski definition) is 5. The zero-order valence-electron chi connectivity index (χ0n) is 22.7. The summed E-state index contributed by atoms with van der Waals surface area (Å²) in [6.45, 7) is 3.91. The molecule has 2 aromatic rings. The molecule has 0 bridgehead atoms. The van der Waals surface area contributed by atoms with Gasteiger partial charge in [0, 0.05) is 29.6 Å². The monoisotopic (exact) mass is 594 g/mol. The molecule has 10 heteroatoms. The van der Waals surface area contributed by atoms with Crippen LogP contribution in [0.25, 0.3) is 0 Å². The van der Waals surface area contributed by atoms with Crippen molar-refractivity contribution in [2.24, 2.45) is 17.3 Å². The van der Waals surface area contributed by atoms with E-state index in [9.17, 15) is 18.0 Å². The molecule has 5 atom stereocenters. The molecule has 1 unspecified atom stereocenters. The molecule has 2 aromatic carbocycles. The molecule has 212 valence electrons. The lowest BCUT2D eigenvalue weighted by molar-refractivity contribution is -0.162. The lowest BCUT2D eigenvalue weighted by Crippen LogP contribution is -2.58. The summed E-state index contributed by atoms with van der Waals surface area (Å²) < 4.78 is 32.0. The molecule has 4 rings (SSSR count). The Kier molecular flexibility index (Phi) is 9.01. The Morgan fingerprint density at radius 3 is 2.36 bits per heavy atom. The Labute approximate surface area is 241 Å². The maximum atomic E-state index is 14.2. The maximum Gasteiger partial charge on any atom is 0.309 e. The van der Waals surface area contributed by atoms with Gasteiger partial charge in [-0.05, 0) is 67.0 Å². The minimum absolute atomic E-state index is 0.218. The molecule has 0 aromatic heterocycles. The highest BCUT2D eigenvalue weighted by Gasteiger charge is 2.56. The average molecular weight is 596 g/mol. The molecule has 1 saturated heterocycles. The van der Waals surface area contributed by atoms with Crippen molar-refractivity contribution in [1.82, 2.24) is 9.62 Å². The van der Waals surface area contributed by atoms with Crippen molar-refractivity contribution in [3.05, 3.63) is 69.7 Å². The van der Waals surface area contributed by atoms with E-state index in [1.165, 1.54) is 11.4 Å². The third-order valence-electron chi connectivity index (χ3n) is 8.64. The maximum absolute atomic E-state index is 14.2. The van der Waals surface area contributed by atoms with Crippen LogP contribution in [0.2, 0.25) is 10.0 Å². The third-order valence-corrected chi connectivity index (χ3v) is 11.5. The number of amides is 1. The Morgan fingerprint density at radius 2 is 1.77 bits per heavy atom. The molecule has 7 nitrogen and oxygen atoms in total. The highest BCUT2D eigenvalue weighted by Crippen LogP contribution is 2.53. The SMILES string of the molecule is COC(=O)C(C)[C@@]1([C@@H](C)CCN(C)S(=O)(=O)C2CC2)C[C@H](c2cccc(Cl)c2)[C@@H](c2ccc(Cl)cc2)NC1=O. The van der Waals surface area contributed by atoms with Gasteiger partial charge in [-0.3, -0.25) is 9.59 Å². The Balaban J connectivity index is 1.74. The minimum atomic E-state index is -3.36. The topological polar surface area (TPSA) is 92.8 Å². The smallest absolute Gasteiger partial charge is 0.309 e. The number of ether oxygens (including phenoxy) is 1. The number of nitrogens with zero attached hydrogens (tertiary/aromatic N) is 1. The number of sulfonamides is 1. The second-order valence-electron chi connectivity index (χ2n) is 10.9. The Hall–Kier alpha value is -2.13. The summed E-state index contributed by atoms with van der Waals surface area (Å²) in [7, 11) is -0.453. The van der Waals surface area contributed by atoms with Crippen LogP contribution in [-0.4, -0.2) is 50.6 Å². The van der Waals surface area contributed by atoms with E-state index in [1.807, 2.05) is 37.3 Å². The number of carbonyl (C=O) groups excluding carboxylic acids is 2. The van der Waals surface area contributed by atoms with Crippen molar-refractivity contribution in [3.8, 4) is 0 Å². The minimum Gasteiger partial charge on any atom is -0.469 e. The van der Waals surface area contributed by atoms with Gasteiger partial charge in [0.25, 0.3) is 0 Å². The van der Waals surface area contributed by atoms with Crippen molar-refractivity contribution in [3.63, 3.8) is 0 Å². The first-order chi connectivity index (χ1) is 18.4. The summed E-state index contributed by atoms with van der Waals surface area (Å²) in [5.41, 5.74) is 0.678. The van der Waals surface area contributed by atoms with Crippen LogP contribution < -0.4 is 5.32 Å². The molecule has 1 aliphatic heterocycles. The molecule has 1 heterocycles. The number of rotatable bonds is 10. The molecule has 1 N–H and O–H groups in total. The van der Waals surface area contributed by atoms with Crippen molar-refractivity contribution < 1.29 is 22.7 Å². The number of carbonyl (C=O) groups is 2. The molecule has 1 amide bonds. The molecule has 39 heavy (non-hydrogen) atoms.